The molecule has 5 N–H and O–H groups in total. The molecule has 8 nitrogen and oxygen atoms in total. The third-order valence-corrected chi connectivity index (χ3v) is 5.30. The number of aromatic hydroxyl groups is 4. The molecule has 2 aromatic carbocycles. The van der Waals surface area contributed by atoms with Crippen LogP contribution in [-0.4, -0.2) is 32.6 Å². The molecule has 1 atom stereocenters. The predicted octanol–water partition coefficient (Wildman–Crippen LogP) is 4.80. The number of benzene rings is 2. The van der Waals surface area contributed by atoms with Gasteiger partial charge in [0.05, 0.1) is 18.2 Å². The van der Waals surface area contributed by atoms with Crippen molar-refractivity contribution in [3.8, 4) is 40.1 Å². The maximum Gasteiger partial charge on any atom is 0.203 e. The lowest BCUT2D eigenvalue weighted by Crippen LogP contribution is -2.15. The lowest BCUT2D eigenvalue weighted by Gasteiger charge is -2.17. The zero-order valence-corrected chi connectivity index (χ0v) is 19.6. The maximum absolute atomic E-state index is 13.6. The highest BCUT2D eigenvalue weighted by molar-refractivity contribution is 5.91. The second kappa shape index (κ2) is 9.52. The summed E-state index contributed by atoms with van der Waals surface area (Å²) in [4.78, 5) is 13.6. The summed E-state index contributed by atoms with van der Waals surface area (Å²) in [7, 11) is 1.31. The van der Waals surface area contributed by atoms with Crippen LogP contribution in [0.5, 0.6) is 28.7 Å². The van der Waals surface area contributed by atoms with Gasteiger partial charge in [0.1, 0.15) is 40.1 Å². The quantitative estimate of drug-likeness (QED) is 0.257. The van der Waals surface area contributed by atoms with Gasteiger partial charge in [0.2, 0.25) is 5.43 Å². The zero-order chi connectivity index (χ0) is 25.3. The summed E-state index contributed by atoms with van der Waals surface area (Å²) in [5.41, 5.74) is 0.736. The first-order valence-corrected chi connectivity index (χ1v) is 10.6. The summed E-state index contributed by atoms with van der Waals surface area (Å²) in [5.74, 6) is -1.73. The third kappa shape index (κ3) is 4.58. The number of fused-ring (bicyclic) bond motifs is 1. The lowest BCUT2D eigenvalue weighted by atomic mass is 9.96. The Bertz CT molecular complexity index is 1370. The molecule has 0 radical (unpaired) electrons. The van der Waals surface area contributed by atoms with Crippen molar-refractivity contribution in [2.75, 3.05) is 7.11 Å². The molecule has 0 unspecified atom stereocenters. The van der Waals surface area contributed by atoms with Crippen LogP contribution in [-0.2, 0) is 6.42 Å². The van der Waals surface area contributed by atoms with E-state index in [0.29, 0.717) is 5.57 Å². The molecule has 3 rings (SSSR count). The Morgan fingerprint density at radius 2 is 1.65 bits per heavy atom. The van der Waals surface area contributed by atoms with Crippen LogP contribution in [0.25, 0.3) is 22.3 Å². The molecular weight excluding hydrogens is 440 g/mol. The van der Waals surface area contributed by atoms with Crippen molar-refractivity contribution in [1.82, 2.24) is 0 Å². The van der Waals surface area contributed by atoms with Crippen molar-refractivity contribution in [2.24, 2.45) is 0 Å². The average molecular weight is 469 g/mol. The van der Waals surface area contributed by atoms with E-state index in [2.05, 4.69) is 0 Å². The lowest BCUT2D eigenvalue weighted by molar-refractivity contribution is 0.225. The number of allylic oxidation sites excluding steroid dienone is 3. The molecule has 0 spiro atoms. The Kier molecular flexibility index (Phi) is 6.93. The second-order valence-electron chi connectivity index (χ2n) is 8.49. The molecule has 1 aromatic heterocycles. The van der Waals surface area contributed by atoms with Gasteiger partial charge in [-0.1, -0.05) is 23.3 Å². The number of phenolic OH excluding ortho intramolecular Hbond substituents is 4. The summed E-state index contributed by atoms with van der Waals surface area (Å²) in [6, 6.07) is 3.35. The van der Waals surface area contributed by atoms with Gasteiger partial charge in [0, 0.05) is 17.7 Å². The number of rotatable bonds is 6. The predicted molar refractivity (Wildman–Crippen MR) is 129 cm³/mol. The summed E-state index contributed by atoms with van der Waals surface area (Å²) < 4.78 is 11.1. The molecule has 0 bridgehead atoms. The van der Waals surface area contributed by atoms with E-state index in [1.165, 1.54) is 13.2 Å². The van der Waals surface area contributed by atoms with Gasteiger partial charge in [0.25, 0.3) is 0 Å². The first kappa shape index (κ1) is 24.7. The summed E-state index contributed by atoms with van der Waals surface area (Å²) in [6.07, 6.45) is 1.99. The number of methoxy groups -OCH3 is 1. The van der Waals surface area contributed by atoms with E-state index in [1.54, 1.807) is 13.8 Å². The zero-order valence-electron chi connectivity index (χ0n) is 19.6. The smallest absolute Gasteiger partial charge is 0.203 e. The van der Waals surface area contributed by atoms with Gasteiger partial charge in [0.15, 0.2) is 11.5 Å². The minimum Gasteiger partial charge on any atom is -0.507 e. The first-order valence-electron chi connectivity index (χ1n) is 10.6. The van der Waals surface area contributed by atoms with Crippen LogP contribution in [0.4, 0.5) is 0 Å². The van der Waals surface area contributed by atoms with Gasteiger partial charge in [-0.3, -0.25) is 4.79 Å². The van der Waals surface area contributed by atoms with Crippen molar-refractivity contribution in [2.45, 2.75) is 40.2 Å². The Morgan fingerprint density at radius 1 is 0.971 bits per heavy atom. The number of aliphatic hydroxyl groups excluding tert-OH is 1. The molecule has 1 heterocycles. The van der Waals surface area contributed by atoms with Gasteiger partial charge in [-0.2, -0.15) is 0 Å². The molecule has 0 aliphatic heterocycles. The molecule has 0 saturated heterocycles. The van der Waals surface area contributed by atoms with Crippen molar-refractivity contribution >= 4 is 11.0 Å². The molecule has 180 valence electrons. The van der Waals surface area contributed by atoms with Crippen LogP contribution in [0, 0.1) is 0 Å². The van der Waals surface area contributed by atoms with E-state index in [4.69, 9.17) is 9.15 Å². The fraction of sp³-hybridized carbons (Fsp3) is 0.269. The van der Waals surface area contributed by atoms with Crippen molar-refractivity contribution in [3.05, 3.63) is 62.8 Å². The van der Waals surface area contributed by atoms with E-state index < -0.39 is 17.3 Å². The SMILES string of the molecule is COc1cc(O)c(-c2oc3c(CC=C(C)C)c(O)cc(O)c3c(=O)c2[C@@H](O)C=C(C)C)cc1O. The van der Waals surface area contributed by atoms with Crippen LogP contribution in [0.3, 0.4) is 0 Å². The number of hydrogen-bond donors (Lipinski definition) is 5. The fourth-order valence-corrected chi connectivity index (χ4v) is 3.67. The van der Waals surface area contributed by atoms with E-state index in [-0.39, 0.29) is 62.8 Å². The van der Waals surface area contributed by atoms with Crippen molar-refractivity contribution < 1.29 is 34.7 Å². The van der Waals surface area contributed by atoms with Gasteiger partial charge in [-0.05, 0) is 40.2 Å². The molecule has 0 fully saturated rings. The fourth-order valence-electron chi connectivity index (χ4n) is 3.67. The molecule has 0 saturated carbocycles. The van der Waals surface area contributed by atoms with Crippen LogP contribution in [0.2, 0.25) is 0 Å². The van der Waals surface area contributed by atoms with E-state index >= 15 is 0 Å². The molecule has 0 aliphatic rings. The van der Waals surface area contributed by atoms with Crippen LogP contribution < -0.4 is 10.2 Å². The summed E-state index contributed by atoms with van der Waals surface area (Å²) in [5, 5.41) is 52.6. The minimum absolute atomic E-state index is 0.00433. The molecule has 8 heteroatoms. The van der Waals surface area contributed by atoms with Crippen LogP contribution >= 0.6 is 0 Å². The minimum atomic E-state index is -1.45. The largest absolute Gasteiger partial charge is 0.507 e. The second-order valence-corrected chi connectivity index (χ2v) is 8.49. The van der Waals surface area contributed by atoms with E-state index in [0.717, 1.165) is 23.8 Å². The van der Waals surface area contributed by atoms with Crippen LogP contribution in [0.15, 0.2) is 50.7 Å². The highest BCUT2D eigenvalue weighted by Crippen LogP contribution is 2.43. The summed E-state index contributed by atoms with van der Waals surface area (Å²) >= 11 is 0. The maximum atomic E-state index is 13.6. The molecule has 3 aromatic rings. The normalized spacial score (nSPS) is 11.8. The number of aliphatic hydroxyl groups is 1. The van der Waals surface area contributed by atoms with Crippen molar-refractivity contribution in [3.63, 3.8) is 0 Å². The highest BCUT2D eigenvalue weighted by atomic mass is 16.5. The van der Waals surface area contributed by atoms with Crippen molar-refractivity contribution in [1.29, 1.82) is 0 Å². The van der Waals surface area contributed by atoms with Gasteiger partial charge in [-0.15, -0.1) is 0 Å². The topological polar surface area (TPSA) is 141 Å². The van der Waals surface area contributed by atoms with Crippen LogP contribution in [0.1, 0.15) is 44.9 Å². The Morgan fingerprint density at radius 3 is 2.24 bits per heavy atom. The standard InChI is InChI=1S/C26H28O8/c1-12(2)6-7-14-16(27)10-20(31)23-24(32)22(19(30)8-13(3)4)26(34-25(14)23)15-9-18(29)21(33-5)11-17(15)28/h6,8-11,19,27-31H,7H2,1-5H3/t19-/m0/s1. The number of phenols is 4. The Labute approximate surface area is 196 Å². The first-order chi connectivity index (χ1) is 16.0. The summed E-state index contributed by atoms with van der Waals surface area (Å²) in [6.45, 7) is 7.20. The number of ether oxygens (including phenoxy) is 1. The Balaban J connectivity index is 2.53. The molecule has 0 aliphatic carbocycles. The molecular formula is C26H28O8. The number of hydrogen-bond acceptors (Lipinski definition) is 8. The van der Waals surface area contributed by atoms with E-state index in [1.807, 2.05) is 19.9 Å². The Hall–Kier alpha value is -3.91. The monoisotopic (exact) mass is 468 g/mol. The van der Waals surface area contributed by atoms with Gasteiger partial charge < -0.3 is 34.7 Å². The third-order valence-electron chi connectivity index (χ3n) is 5.30. The molecule has 0 amide bonds. The van der Waals surface area contributed by atoms with E-state index in [9.17, 15) is 30.3 Å². The van der Waals surface area contributed by atoms with Gasteiger partial charge >= 0.3 is 0 Å². The average Bonchev–Trinajstić information content (AvgIpc) is 2.73. The highest BCUT2D eigenvalue weighted by Gasteiger charge is 2.27. The molecule has 34 heavy (non-hydrogen) atoms. The van der Waals surface area contributed by atoms with Gasteiger partial charge in [-0.25, -0.2) is 0 Å².